The summed E-state index contributed by atoms with van der Waals surface area (Å²) < 4.78 is 19.5. The van der Waals surface area contributed by atoms with Crippen LogP contribution in [0.3, 0.4) is 0 Å². The fraction of sp³-hybridized carbons (Fsp3) is 0.280. The molecule has 0 aliphatic rings. The molecule has 0 spiro atoms. The molecule has 2 aromatic heterocycles. The van der Waals surface area contributed by atoms with Crippen LogP contribution in [0, 0.1) is 19.7 Å². The first kappa shape index (κ1) is 23.1. The van der Waals surface area contributed by atoms with Gasteiger partial charge in [0.05, 0.1) is 18.0 Å². The van der Waals surface area contributed by atoms with E-state index in [4.69, 9.17) is 4.74 Å². The van der Waals surface area contributed by atoms with E-state index in [1.165, 1.54) is 25.4 Å². The molecule has 0 aliphatic carbocycles. The van der Waals surface area contributed by atoms with E-state index in [2.05, 4.69) is 9.97 Å². The number of rotatable bonds is 7. The smallest absolute Gasteiger partial charge is 0.414 e. The van der Waals surface area contributed by atoms with Crippen molar-refractivity contribution in [3.63, 3.8) is 0 Å². The molecule has 0 saturated carbocycles. The van der Waals surface area contributed by atoms with Crippen molar-refractivity contribution >= 4 is 17.6 Å². The molecule has 0 unspecified atom stereocenters. The minimum atomic E-state index is -0.628. The Labute approximate surface area is 187 Å². The average molecular weight is 435 g/mol. The van der Waals surface area contributed by atoms with Crippen LogP contribution < -0.4 is 4.90 Å². The van der Waals surface area contributed by atoms with Crippen molar-refractivity contribution in [3.8, 4) is 11.3 Å². The molecule has 0 radical (unpaired) electrons. The summed E-state index contributed by atoms with van der Waals surface area (Å²) in [5, 5.41) is 0. The molecule has 3 aromatic rings. The largest absolute Gasteiger partial charge is 0.449 e. The summed E-state index contributed by atoms with van der Waals surface area (Å²) in [5.74, 6) is -0.580. The second kappa shape index (κ2) is 10.1. The van der Waals surface area contributed by atoms with E-state index < -0.39 is 11.9 Å². The molecule has 32 heavy (non-hydrogen) atoms. The number of nitrogens with zero attached hydrogens (tertiary/aromatic N) is 3. The third-order valence-corrected chi connectivity index (χ3v) is 5.19. The average Bonchev–Trinajstić information content (AvgIpc) is 2.78. The molecule has 6 nitrogen and oxygen atoms in total. The molecule has 0 fully saturated rings. The highest BCUT2D eigenvalue weighted by atomic mass is 19.1. The summed E-state index contributed by atoms with van der Waals surface area (Å²) in [6.45, 7) is 5.77. The van der Waals surface area contributed by atoms with Crippen molar-refractivity contribution in [2.24, 2.45) is 0 Å². The second-order valence-corrected chi connectivity index (χ2v) is 7.48. The lowest BCUT2D eigenvalue weighted by atomic mass is 10.0. The molecule has 1 aromatic carbocycles. The zero-order chi connectivity index (χ0) is 23.3. The van der Waals surface area contributed by atoms with Crippen LogP contribution in [0.5, 0.6) is 0 Å². The predicted octanol–water partition coefficient (Wildman–Crippen LogP) is 5.31. The number of hydrogen-bond acceptors (Lipinski definition) is 5. The predicted molar refractivity (Wildman–Crippen MR) is 121 cm³/mol. The van der Waals surface area contributed by atoms with E-state index in [0.29, 0.717) is 29.7 Å². The van der Waals surface area contributed by atoms with Crippen molar-refractivity contribution in [2.75, 3.05) is 18.6 Å². The summed E-state index contributed by atoms with van der Waals surface area (Å²) in [6, 6.07) is 11.8. The molecular weight excluding hydrogens is 409 g/mol. The minimum Gasteiger partial charge on any atom is -0.449 e. The Morgan fingerprint density at radius 2 is 1.88 bits per heavy atom. The third kappa shape index (κ3) is 5.35. The number of aryl methyl sites for hydroxylation is 3. The van der Waals surface area contributed by atoms with Crippen LogP contribution in [0.1, 0.15) is 40.7 Å². The van der Waals surface area contributed by atoms with Gasteiger partial charge in [-0.2, -0.15) is 0 Å². The van der Waals surface area contributed by atoms with Gasteiger partial charge in [-0.15, -0.1) is 0 Å². The van der Waals surface area contributed by atoms with Crippen LogP contribution in [0.25, 0.3) is 11.3 Å². The topological polar surface area (TPSA) is 72.4 Å². The highest BCUT2D eigenvalue weighted by Crippen LogP contribution is 2.26. The Hall–Kier alpha value is -3.61. The normalized spacial score (nSPS) is 10.7. The summed E-state index contributed by atoms with van der Waals surface area (Å²) >= 11 is 0. The van der Waals surface area contributed by atoms with Crippen LogP contribution in [-0.2, 0) is 11.2 Å². The Morgan fingerprint density at radius 3 is 2.50 bits per heavy atom. The first-order valence-corrected chi connectivity index (χ1v) is 10.4. The van der Waals surface area contributed by atoms with Crippen molar-refractivity contribution in [3.05, 3.63) is 77.0 Å². The van der Waals surface area contributed by atoms with Crippen LogP contribution >= 0.6 is 0 Å². The zero-order valence-electron chi connectivity index (χ0n) is 18.7. The molecule has 3 rings (SSSR count). The molecular formula is C25H26FN3O3. The van der Waals surface area contributed by atoms with Crippen LogP contribution in [-0.4, -0.2) is 35.5 Å². The minimum absolute atomic E-state index is 0.0124. The molecule has 166 valence electrons. The number of carbonyl (C=O) groups excluding carboxylic acids is 2. The van der Waals surface area contributed by atoms with E-state index in [0.717, 1.165) is 21.9 Å². The lowest BCUT2D eigenvalue weighted by molar-refractivity contribution is 0.0982. The van der Waals surface area contributed by atoms with Crippen LogP contribution in [0.4, 0.5) is 14.9 Å². The number of aromatic nitrogens is 2. The van der Waals surface area contributed by atoms with Gasteiger partial charge in [-0.3, -0.25) is 19.7 Å². The summed E-state index contributed by atoms with van der Waals surface area (Å²) in [7, 11) is 1.45. The van der Waals surface area contributed by atoms with Gasteiger partial charge in [-0.05, 0) is 63.1 Å². The quantitative estimate of drug-likeness (QED) is 0.471. The lowest BCUT2D eigenvalue weighted by Gasteiger charge is -2.17. The van der Waals surface area contributed by atoms with Gasteiger partial charge in [0, 0.05) is 42.2 Å². The Balaban J connectivity index is 1.69. The summed E-state index contributed by atoms with van der Waals surface area (Å²) in [6.07, 6.45) is 1.85. The molecule has 0 atom stereocenters. The molecule has 0 N–H and O–H groups in total. The number of ether oxygens (including phenoxy) is 1. The summed E-state index contributed by atoms with van der Waals surface area (Å²) in [4.78, 5) is 34.3. The van der Waals surface area contributed by atoms with E-state index >= 15 is 0 Å². The number of pyridine rings is 2. The van der Waals surface area contributed by atoms with E-state index in [-0.39, 0.29) is 18.1 Å². The maximum Gasteiger partial charge on any atom is 0.414 e. The van der Waals surface area contributed by atoms with E-state index in [1.54, 1.807) is 25.1 Å². The Bertz CT molecular complexity index is 1130. The summed E-state index contributed by atoms with van der Waals surface area (Å²) in [5.41, 5.74) is 4.63. The number of ketones is 1. The van der Waals surface area contributed by atoms with Gasteiger partial charge in [0.1, 0.15) is 5.82 Å². The molecule has 0 aliphatic heterocycles. The number of amides is 1. The van der Waals surface area contributed by atoms with Crippen LogP contribution in [0.15, 0.2) is 48.7 Å². The number of carbonyl (C=O) groups is 2. The first-order valence-electron chi connectivity index (χ1n) is 10.4. The molecule has 0 saturated heterocycles. The Kier molecular flexibility index (Phi) is 7.30. The van der Waals surface area contributed by atoms with Gasteiger partial charge in [0.25, 0.3) is 0 Å². The molecule has 2 heterocycles. The molecule has 0 bridgehead atoms. The number of benzene rings is 1. The van der Waals surface area contributed by atoms with Crippen molar-refractivity contribution in [2.45, 2.75) is 33.6 Å². The van der Waals surface area contributed by atoms with Gasteiger partial charge >= 0.3 is 6.09 Å². The van der Waals surface area contributed by atoms with Crippen molar-refractivity contribution in [1.29, 1.82) is 0 Å². The Morgan fingerprint density at radius 1 is 1.09 bits per heavy atom. The lowest BCUT2D eigenvalue weighted by Crippen LogP contribution is -2.27. The maximum atomic E-state index is 14.6. The second-order valence-electron chi connectivity index (χ2n) is 7.48. The van der Waals surface area contributed by atoms with Gasteiger partial charge in [0.2, 0.25) is 0 Å². The molecule has 7 heteroatoms. The van der Waals surface area contributed by atoms with Gasteiger partial charge in [-0.25, -0.2) is 9.18 Å². The van der Waals surface area contributed by atoms with Crippen LogP contribution in [0.2, 0.25) is 0 Å². The van der Waals surface area contributed by atoms with E-state index in [9.17, 15) is 14.0 Å². The maximum absolute atomic E-state index is 14.6. The fourth-order valence-electron chi connectivity index (χ4n) is 3.36. The number of Topliss-reactive ketones (excluding diaryl/α,β-unsaturated/α-hetero) is 1. The highest BCUT2D eigenvalue weighted by Gasteiger charge is 2.17. The standard InChI is InChI=1S/C25H26FN3O3/c1-5-32-25(31)29(4)23-12-9-19(14-21(23)26)22-11-8-20(15-27-22)24(30)13-10-18-7-6-16(2)28-17(18)3/h6-9,11-12,14-15H,5,10,13H2,1-4H3. The van der Waals surface area contributed by atoms with Gasteiger partial charge in [0.15, 0.2) is 5.78 Å². The highest BCUT2D eigenvalue weighted by molar-refractivity contribution is 5.96. The zero-order valence-corrected chi connectivity index (χ0v) is 18.7. The number of halogens is 1. The SMILES string of the molecule is CCOC(=O)N(C)c1ccc(-c2ccc(C(=O)CCc3ccc(C)nc3C)cn2)cc1F. The first-order chi connectivity index (χ1) is 15.3. The number of anilines is 1. The number of hydrogen-bond donors (Lipinski definition) is 0. The van der Waals surface area contributed by atoms with E-state index in [1.807, 2.05) is 26.0 Å². The van der Waals surface area contributed by atoms with Gasteiger partial charge in [-0.1, -0.05) is 12.1 Å². The van der Waals surface area contributed by atoms with Gasteiger partial charge < -0.3 is 4.74 Å². The third-order valence-electron chi connectivity index (χ3n) is 5.19. The monoisotopic (exact) mass is 435 g/mol. The fourth-order valence-corrected chi connectivity index (χ4v) is 3.36. The van der Waals surface area contributed by atoms with Crippen molar-refractivity contribution < 1.29 is 18.7 Å². The molecule has 1 amide bonds. The van der Waals surface area contributed by atoms with Crippen molar-refractivity contribution in [1.82, 2.24) is 9.97 Å².